The van der Waals surface area contributed by atoms with Gasteiger partial charge in [0.15, 0.2) is 0 Å². The molecule has 9 nitrogen and oxygen atoms in total. The predicted molar refractivity (Wildman–Crippen MR) is 107 cm³/mol. The molecule has 1 fully saturated rings. The molecule has 0 radical (unpaired) electrons. The van der Waals surface area contributed by atoms with E-state index in [0.29, 0.717) is 37.3 Å². The first-order valence-corrected chi connectivity index (χ1v) is 9.76. The summed E-state index contributed by atoms with van der Waals surface area (Å²) in [5.74, 6) is -1.98. The molecule has 1 aromatic rings. The zero-order chi connectivity index (χ0) is 21.1. The number of para-hydroxylation sites is 2. The summed E-state index contributed by atoms with van der Waals surface area (Å²) in [6.07, 6.45) is 0.805. The summed E-state index contributed by atoms with van der Waals surface area (Å²) in [4.78, 5) is 52.0. The van der Waals surface area contributed by atoms with Crippen LogP contribution in [0, 0.1) is 11.8 Å². The van der Waals surface area contributed by atoms with Crippen LogP contribution in [0.15, 0.2) is 24.3 Å². The molecule has 0 aliphatic carbocycles. The van der Waals surface area contributed by atoms with Crippen molar-refractivity contribution in [3.8, 4) is 0 Å². The summed E-state index contributed by atoms with van der Waals surface area (Å²) in [6.45, 7) is 4.24. The lowest BCUT2D eigenvalue weighted by molar-refractivity contribution is -0.146. The standard InChI is InChI=1S/C20H26N4O5/c1-12(2)17(18(26)23-9-7-13(8-10-23)19(27)28)22-20(29)24-11-16(25)21-14-5-3-4-6-15(14)24/h3-6,12-13,17H,7-11H2,1-2H3,(H,21,25)(H,22,29)(H,27,28)/t17-/m0/s1. The molecule has 2 aliphatic rings. The number of amides is 4. The zero-order valence-corrected chi connectivity index (χ0v) is 16.6. The largest absolute Gasteiger partial charge is 0.481 e. The Morgan fingerprint density at radius 2 is 1.83 bits per heavy atom. The van der Waals surface area contributed by atoms with Gasteiger partial charge in [-0.2, -0.15) is 0 Å². The highest BCUT2D eigenvalue weighted by Gasteiger charge is 2.35. The minimum atomic E-state index is -0.840. The van der Waals surface area contributed by atoms with E-state index in [0.717, 1.165) is 0 Å². The Hall–Kier alpha value is -3.10. The van der Waals surface area contributed by atoms with E-state index in [1.54, 1.807) is 29.2 Å². The van der Waals surface area contributed by atoms with Gasteiger partial charge in [-0.25, -0.2) is 4.79 Å². The number of carboxylic acid groups (broad SMARTS) is 1. The molecule has 2 heterocycles. The van der Waals surface area contributed by atoms with Crippen LogP contribution in [0.1, 0.15) is 26.7 Å². The Bertz CT molecular complexity index is 817. The van der Waals surface area contributed by atoms with Crippen LogP contribution in [0.3, 0.4) is 0 Å². The Morgan fingerprint density at radius 3 is 2.45 bits per heavy atom. The van der Waals surface area contributed by atoms with Crippen molar-refractivity contribution in [1.82, 2.24) is 10.2 Å². The number of aliphatic carboxylic acids is 1. The molecule has 0 aromatic heterocycles. The van der Waals surface area contributed by atoms with Gasteiger partial charge in [0.25, 0.3) is 0 Å². The SMILES string of the molecule is CC(C)[C@H](NC(=O)N1CC(=O)Nc2ccccc21)C(=O)N1CCC(C(=O)O)CC1. The van der Waals surface area contributed by atoms with Crippen LogP contribution in [0.2, 0.25) is 0 Å². The molecular formula is C20H26N4O5. The molecule has 0 unspecified atom stereocenters. The third-order valence-electron chi connectivity index (χ3n) is 5.38. The lowest BCUT2D eigenvalue weighted by atomic mass is 9.95. The van der Waals surface area contributed by atoms with Gasteiger partial charge in [0, 0.05) is 13.1 Å². The summed E-state index contributed by atoms with van der Waals surface area (Å²) in [6, 6.07) is 5.71. The summed E-state index contributed by atoms with van der Waals surface area (Å²) < 4.78 is 0. The number of fused-ring (bicyclic) bond motifs is 1. The van der Waals surface area contributed by atoms with Crippen molar-refractivity contribution in [2.75, 3.05) is 29.9 Å². The van der Waals surface area contributed by atoms with E-state index in [2.05, 4.69) is 10.6 Å². The minimum absolute atomic E-state index is 0.133. The molecule has 2 aliphatic heterocycles. The van der Waals surface area contributed by atoms with Crippen molar-refractivity contribution in [3.63, 3.8) is 0 Å². The summed E-state index contributed by atoms with van der Waals surface area (Å²) in [5, 5.41) is 14.6. The van der Waals surface area contributed by atoms with Crippen molar-refractivity contribution in [2.45, 2.75) is 32.7 Å². The summed E-state index contributed by atoms with van der Waals surface area (Å²) >= 11 is 0. The second-order valence-corrected chi connectivity index (χ2v) is 7.76. The van der Waals surface area contributed by atoms with Crippen molar-refractivity contribution in [1.29, 1.82) is 0 Å². The fourth-order valence-corrected chi connectivity index (χ4v) is 3.68. The maximum Gasteiger partial charge on any atom is 0.323 e. The smallest absolute Gasteiger partial charge is 0.323 e. The Kier molecular flexibility index (Phi) is 6.05. The van der Waals surface area contributed by atoms with Crippen LogP contribution in [-0.2, 0) is 14.4 Å². The molecule has 0 bridgehead atoms. The van der Waals surface area contributed by atoms with Crippen LogP contribution in [0.5, 0.6) is 0 Å². The van der Waals surface area contributed by atoms with E-state index in [1.165, 1.54) is 4.90 Å². The third kappa shape index (κ3) is 4.49. The van der Waals surface area contributed by atoms with E-state index in [4.69, 9.17) is 5.11 Å². The second kappa shape index (κ2) is 8.50. The number of piperidine rings is 1. The molecule has 1 aromatic carbocycles. The van der Waals surface area contributed by atoms with E-state index in [1.807, 2.05) is 13.8 Å². The number of nitrogens with zero attached hydrogens (tertiary/aromatic N) is 2. The van der Waals surface area contributed by atoms with E-state index in [9.17, 15) is 19.2 Å². The lowest BCUT2D eigenvalue weighted by Gasteiger charge is -2.35. The molecule has 3 rings (SSSR count). The van der Waals surface area contributed by atoms with Gasteiger partial charge in [-0.1, -0.05) is 26.0 Å². The number of carbonyl (C=O) groups excluding carboxylic acids is 3. The highest BCUT2D eigenvalue weighted by Crippen LogP contribution is 2.29. The molecule has 0 saturated carbocycles. The number of benzene rings is 1. The number of rotatable bonds is 4. The van der Waals surface area contributed by atoms with Gasteiger partial charge in [0.2, 0.25) is 11.8 Å². The molecule has 4 amide bonds. The minimum Gasteiger partial charge on any atom is -0.481 e. The number of urea groups is 1. The molecule has 9 heteroatoms. The monoisotopic (exact) mass is 402 g/mol. The average Bonchev–Trinajstić information content (AvgIpc) is 2.70. The number of hydrogen-bond acceptors (Lipinski definition) is 4. The van der Waals surface area contributed by atoms with Gasteiger partial charge >= 0.3 is 12.0 Å². The molecular weight excluding hydrogens is 376 g/mol. The first-order chi connectivity index (χ1) is 13.8. The topological polar surface area (TPSA) is 119 Å². The number of anilines is 2. The van der Waals surface area contributed by atoms with Gasteiger partial charge < -0.3 is 20.6 Å². The average molecular weight is 402 g/mol. The summed E-state index contributed by atoms with van der Waals surface area (Å²) in [5.41, 5.74) is 1.11. The van der Waals surface area contributed by atoms with E-state index < -0.39 is 24.0 Å². The number of hydrogen-bond donors (Lipinski definition) is 3. The fourth-order valence-electron chi connectivity index (χ4n) is 3.68. The van der Waals surface area contributed by atoms with Gasteiger partial charge in [0.05, 0.1) is 17.3 Å². The Morgan fingerprint density at radius 1 is 1.17 bits per heavy atom. The first kappa shape index (κ1) is 20.6. The third-order valence-corrected chi connectivity index (χ3v) is 5.38. The Labute approximate surface area is 169 Å². The van der Waals surface area contributed by atoms with Gasteiger partial charge in [0.1, 0.15) is 12.6 Å². The lowest BCUT2D eigenvalue weighted by Crippen LogP contribution is -2.57. The predicted octanol–water partition coefficient (Wildman–Crippen LogP) is 1.50. The quantitative estimate of drug-likeness (QED) is 0.705. The maximum atomic E-state index is 13.0. The molecule has 3 N–H and O–H groups in total. The normalized spacial score (nSPS) is 18.1. The van der Waals surface area contributed by atoms with E-state index in [-0.39, 0.29) is 24.3 Å². The fraction of sp³-hybridized carbons (Fsp3) is 0.500. The van der Waals surface area contributed by atoms with Crippen molar-refractivity contribution >= 4 is 35.2 Å². The van der Waals surface area contributed by atoms with Gasteiger partial charge in [-0.15, -0.1) is 0 Å². The molecule has 156 valence electrons. The Balaban J connectivity index is 1.71. The number of likely N-dealkylation sites (tertiary alicyclic amines) is 1. The number of carbonyl (C=O) groups is 4. The zero-order valence-electron chi connectivity index (χ0n) is 16.6. The summed E-state index contributed by atoms with van der Waals surface area (Å²) in [7, 11) is 0. The first-order valence-electron chi connectivity index (χ1n) is 9.76. The van der Waals surface area contributed by atoms with Crippen LogP contribution in [0.4, 0.5) is 16.2 Å². The number of carboxylic acids is 1. The van der Waals surface area contributed by atoms with Gasteiger partial charge in [-0.05, 0) is 30.9 Å². The molecule has 1 saturated heterocycles. The molecule has 1 atom stereocenters. The van der Waals surface area contributed by atoms with Crippen LogP contribution in [0.25, 0.3) is 0 Å². The van der Waals surface area contributed by atoms with Crippen LogP contribution in [-0.4, -0.2) is 59.5 Å². The molecule has 0 spiro atoms. The maximum absolute atomic E-state index is 13.0. The van der Waals surface area contributed by atoms with Gasteiger partial charge in [-0.3, -0.25) is 19.3 Å². The highest BCUT2D eigenvalue weighted by atomic mass is 16.4. The van der Waals surface area contributed by atoms with Crippen LogP contribution < -0.4 is 15.5 Å². The van der Waals surface area contributed by atoms with E-state index >= 15 is 0 Å². The molecule has 29 heavy (non-hydrogen) atoms. The highest BCUT2D eigenvalue weighted by molar-refractivity contribution is 6.10. The van der Waals surface area contributed by atoms with Crippen molar-refractivity contribution in [2.24, 2.45) is 11.8 Å². The number of nitrogens with one attached hydrogen (secondary N) is 2. The van der Waals surface area contributed by atoms with Crippen LogP contribution >= 0.6 is 0 Å². The van der Waals surface area contributed by atoms with Crippen molar-refractivity contribution in [3.05, 3.63) is 24.3 Å². The van der Waals surface area contributed by atoms with Crippen molar-refractivity contribution < 1.29 is 24.3 Å². The second-order valence-electron chi connectivity index (χ2n) is 7.76.